The molecule has 2 fully saturated rings. The Hall–Kier alpha value is -0.810. The summed E-state index contributed by atoms with van der Waals surface area (Å²) in [7, 11) is 0. The van der Waals surface area contributed by atoms with Crippen LogP contribution in [0.4, 0.5) is 0 Å². The first-order valence-corrected chi connectivity index (χ1v) is 8.35. The van der Waals surface area contributed by atoms with Crippen molar-refractivity contribution in [1.29, 1.82) is 0 Å². The maximum absolute atomic E-state index is 12.0. The van der Waals surface area contributed by atoms with Crippen LogP contribution >= 0.6 is 12.4 Å². The Balaban J connectivity index is 0.00000242. The van der Waals surface area contributed by atoms with E-state index in [1.807, 2.05) is 6.92 Å². The molecule has 6 heteroatoms. The Bertz CT molecular complexity index is 351. The fraction of sp³-hybridized carbons (Fsp3) is 0.875. The van der Waals surface area contributed by atoms with Gasteiger partial charge in [-0.25, -0.2) is 0 Å². The SMILES string of the molecule is CCOC(=O)C1CCC(NC(=O)CCC2CCNC2)CC1.Cl. The zero-order valence-corrected chi connectivity index (χ0v) is 14.3. The van der Waals surface area contributed by atoms with E-state index >= 15 is 0 Å². The van der Waals surface area contributed by atoms with Gasteiger partial charge in [-0.1, -0.05) is 0 Å². The Morgan fingerprint density at radius 3 is 2.50 bits per heavy atom. The van der Waals surface area contributed by atoms with Gasteiger partial charge in [-0.05, 0) is 64.5 Å². The average molecular weight is 333 g/mol. The maximum atomic E-state index is 12.0. The average Bonchev–Trinajstić information content (AvgIpc) is 2.99. The lowest BCUT2D eigenvalue weighted by molar-refractivity contribution is -0.149. The summed E-state index contributed by atoms with van der Waals surface area (Å²) in [4.78, 5) is 23.6. The van der Waals surface area contributed by atoms with Crippen molar-refractivity contribution in [2.24, 2.45) is 11.8 Å². The summed E-state index contributed by atoms with van der Waals surface area (Å²) >= 11 is 0. The molecule has 1 unspecified atom stereocenters. The smallest absolute Gasteiger partial charge is 0.308 e. The number of rotatable bonds is 6. The molecule has 1 heterocycles. The van der Waals surface area contributed by atoms with E-state index in [9.17, 15) is 9.59 Å². The molecule has 5 nitrogen and oxygen atoms in total. The predicted octanol–water partition coefficient (Wildman–Crippen LogP) is 2.04. The van der Waals surface area contributed by atoms with Gasteiger partial charge in [0.2, 0.25) is 5.91 Å². The van der Waals surface area contributed by atoms with Crippen LogP contribution in [0.2, 0.25) is 0 Å². The van der Waals surface area contributed by atoms with E-state index in [0.717, 1.165) is 45.2 Å². The van der Waals surface area contributed by atoms with E-state index in [1.54, 1.807) is 0 Å². The lowest BCUT2D eigenvalue weighted by atomic mass is 9.86. The Morgan fingerprint density at radius 2 is 1.91 bits per heavy atom. The quantitative estimate of drug-likeness (QED) is 0.730. The molecule has 0 aromatic rings. The minimum atomic E-state index is -0.0731. The van der Waals surface area contributed by atoms with Crippen LogP contribution in [0, 0.1) is 11.8 Å². The normalized spacial score (nSPS) is 27.8. The van der Waals surface area contributed by atoms with Crippen LogP contribution in [0.25, 0.3) is 0 Å². The molecule has 22 heavy (non-hydrogen) atoms. The van der Waals surface area contributed by atoms with Crippen LogP contribution in [0.5, 0.6) is 0 Å². The molecule has 128 valence electrons. The third kappa shape index (κ3) is 6.13. The van der Waals surface area contributed by atoms with Crippen LogP contribution in [0.3, 0.4) is 0 Å². The molecule has 2 rings (SSSR count). The Morgan fingerprint density at radius 1 is 1.18 bits per heavy atom. The Labute approximate surface area is 139 Å². The molecule has 1 amide bonds. The highest BCUT2D eigenvalue weighted by atomic mass is 35.5. The van der Waals surface area contributed by atoms with Crippen LogP contribution in [0.15, 0.2) is 0 Å². The summed E-state index contributed by atoms with van der Waals surface area (Å²) < 4.78 is 5.06. The van der Waals surface area contributed by atoms with Gasteiger partial charge in [0.1, 0.15) is 0 Å². The first kappa shape index (κ1) is 19.2. The monoisotopic (exact) mass is 332 g/mol. The molecule has 1 saturated carbocycles. The summed E-state index contributed by atoms with van der Waals surface area (Å²) in [5.41, 5.74) is 0. The number of carbonyl (C=O) groups excluding carboxylic acids is 2. The van der Waals surface area contributed by atoms with Crippen molar-refractivity contribution in [3.05, 3.63) is 0 Å². The molecular weight excluding hydrogens is 304 g/mol. The number of halogens is 1. The van der Waals surface area contributed by atoms with E-state index < -0.39 is 0 Å². The molecule has 0 aromatic heterocycles. The van der Waals surface area contributed by atoms with Crippen LogP contribution in [-0.2, 0) is 14.3 Å². The van der Waals surface area contributed by atoms with Crippen molar-refractivity contribution in [3.8, 4) is 0 Å². The molecular formula is C16H29ClN2O3. The van der Waals surface area contributed by atoms with Crippen molar-refractivity contribution in [2.45, 2.75) is 57.9 Å². The molecule has 0 bridgehead atoms. The number of hydrogen-bond acceptors (Lipinski definition) is 4. The third-order valence-electron chi connectivity index (χ3n) is 4.65. The second kappa shape index (κ2) is 10.1. The van der Waals surface area contributed by atoms with Crippen molar-refractivity contribution in [2.75, 3.05) is 19.7 Å². The molecule has 2 N–H and O–H groups in total. The number of carbonyl (C=O) groups is 2. The van der Waals surface area contributed by atoms with Crippen LogP contribution in [0.1, 0.15) is 51.9 Å². The fourth-order valence-electron chi connectivity index (χ4n) is 3.33. The van der Waals surface area contributed by atoms with Crippen LogP contribution < -0.4 is 10.6 Å². The van der Waals surface area contributed by atoms with E-state index in [4.69, 9.17) is 4.74 Å². The fourth-order valence-corrected chi connectivity index (χ4v) is 3.33. The van der Waals surface area contributed by atoms with Crippen LogP contribution in [-0.4, -0.2) is 37.6 Å². The van der Waals surface area contributed by atoms with E-state index in [2.05, 4.69) is 10.6 Å². The lowest BCUT2D eigenvalue weighted by Gasteiger charge is -2.28. The van der Waals surface area contributed by atoms with Crippen molar-refractivity contribution in [3.63, 3.8) is 0 Å². The summed E-state index contributed by atoms with van der Waals surface area (Å²) in [6, 6.07) is 0.241. The molecule has 0 spiro atoms. The lowest BCUT2D eigenvalue weighted by Crippen LogP contribution is -2.39. The van der Waals surface area contributed by atoms with Crippen molar-refractivity contribution < 1.29 is 14.3 Å². The standard InChI is InChI=1S/C16H28N2O3.ClH/c1-2-21-16(20)13-4-6-14(7-5-13)18-15(19)8-3-12-9-10-17-11-12;/h12-14,17H,2-11H2,1H3,(H,18,19);1H. The van der Waals surface area contributed by atoms with Crippen molar-refractivity contribution in [1.82, 2.24) is 10.6 Å². The highest BCUT2D eigenvalue weighted by Gasteiger charge is 2.28. The largest absolute Gasteiger partial charge is 0.466 e. The molecule has 0 aromatic carbocycles. The number of esters is 1. The number of nitrogens with one attached hydrogen (secondary N) is 2. The Kier molecular flexibility index (Phi) is 8.79. The van der Waals surface area contributed by atoms with E-state index in [1.165, 1.54) is 6.42 Å². The summed E-state index contributed by atoms with van der Waals surface area (Å²) in [6.45, 7) is 4.43. The van der Waals surface area contributed by atoms with Gasteiger partial charge < -0.3 is 15.4 Å². The molecule has 1 atom stereocenters. The van der Waals surface area contributed by atoms with Gasteiger partial charge >= 0.3 is 5.97 Å². The summed E-state index contributed by atoms with van der Waals surface area (Å²) in [6.07, 6.45) is 6.24. The van der Waals surface area contributed by atoms with Gasteiger partial charge in [0.25, 0.3) is 0 Å². The number of amides is 1. The second-order valence-corrected chi connectivity index (χ2v) is 6.27. The summed E-state index contributed by atoms with van der Waals surface area (Å²) in [5.74, 6) is 0.787. The van der Waals surface area contributed by atoms with E-state index in [-0.39, 0.29) is 36.2 Å². The highest BCUT2D eigenvalue weighted by Crippen LogP contribution is 2.25. The van der Waals surface area contributed by atoms with Gasteiger partial charge in [-0.15, -0.1) is 12.4 Å². The third-order valence-corrected chi connectivity index (χ3v) is 4.65. The number of hydrogen-bond donors (Lipinski definition) is 2. The molecule has 1 saturated heterocycles. The van der Waals surface area contributed by atoms with Gasteiger partial charge in [0.15, 0.2) is 0 Å². The minimum absolute atomic E-state index is 0. The molecule has 2 aliphatic rings. The summed E-state index contributed by atoms with van der Waals surface area (Å²) in [5, 5.41) is 6.45. The zero-order chi connectivity index (χ0) is 15.1. The molecule has 0 radical (unpaired) electrons. The van der Waals surface area contributed by atoms with E-state index in [0.29, 0.717) is 18.9 Å². The molecule has 1 aliphatic carbocycles. The van der Waals surface area contributed by atoms with Gasteiger partial charge in [0, 0.05) is 12.5 Å². The van der Waals surface area contributed by atoms with Crippen molar-refractivity contribution >= 4 is 24.3 Å². The minimum Gasteiger partial charge on any atom is -0.466 e. The van der Waals surface area contributed by atoms with Gasteiger partial charge in [-0.3, -0.25) is 9.59 Å². The highest BCUT2D eigenvalue weighted by molar-refractivity contribution is 5.85. The zero-order valence-electron chi connectivity index (χ0n) is 13.4. The maximum Gasteiger partial charge on any atom is 0.308 e. The topological polar surface area (TPSA) is 67.4 Å². The van der Waals surface area contributed by atoms with Gasteiger partial charge in [-0.2, -0.15) is 0 Å². The predicted molar refractivity (Wildman–Crippen MR) is 88.0 cm³/mol. The second-order valence-electron chi connectivity index (χ2n) is 6.27. The first-order chi connectivity index (χ1) is 10.2. The number of ether oxygens (including phenoxy) is 1. The first-order valence-electron chi connectivity index (χ1n) is 8.35. The molecule has 1 aliphatic heterocycles. The van der Waals surface area contributed by atoms with Gasteiger partial charge in [0.05, 0.1) is 12.5 Å².